The van der Waals surface area contributed by atoms with E-state index in [0.29, 0.717) is 0 Å². The Morgan fingerprint density at radius 3 is 2.07 bits per heavy atom. The summed E-state index contributed by atoms with van der Waals surface area (Å²) in [6, 6.07) is 6.27. The number of aromatic amines is 1. The molecule has 0 amide bonds. The minimum atomic E-state index is 0.855. The lowest BCUT2D eigenvalue weighted by Gasteiger charge is -2.22. The van der Waals surface area contributed by atoms with E-state index >= 15 is 0 Å². The first kappa shape index (κ1) is 23.7. The largest absolute Gasteiger partial charge is 0.358 e. The molecule has 0 spiro atoms. The number of aryl methyl sites for hydroxylation is 1. The first-order valence-electron chi connectivity index (χ1n) is 13.1. The van der Waals surface area contributed by atoms with E-state index in [0.717, 1.165) is 10.9 Å². The van der Waals surface area contributed by atoms with Crippen molar-refractivity contribution in [2.24, 2.45) is 5.92 Å². The van der Waals surface area contributed by atoms with Crippen LogP contribution in [0.5, 0.6) is 0 Å². The van der Waals surface area contributed by atoms with Crippen LogP contribution in [0.4, 0.5) is 0 Å². The fourth-order valence-corrected chi connectivity index (χ4v) is 5.52. The predicted molar refractivity (Wildman–Crippen MR) is 134 cm³/mol. The van der Waals surface area contributed by atoms with Crippen molar-refractivity contribution in [3.05, 3.63) is 34.5 Å². The standard InChI is InChI=1S/C28H44ClN/c1-2-3-4-5-6-7-8-9-10-11-12-13-14-15-16-23-17-19-25-26-22-24(29)18-20-27(26)30-28(25)21-23/h18,20,22-23,30H,2-17,19,21H2,1H3. The first-order chi connectivity index (χ1) is 14.8. The summed E-state index contributed by atoms with van der Waals surface area (Å²) in [5.74, 6) is 0.873. The Morgan fingerprint density at radius 1 is 0.833 bits per heavy atom. The number of hydrogen-bond donors (Lipinski definition) is 1. The molecule has 1 atom stereocenters. The van der Waals surface area contributed by atoms with Crippen molar-refractivity contribution in [1.82, 2.24) is 4.98 Å². The molecule has 168 valence electrons. The first-order valence-corrected chi connectivity index (χ1v) is 13.4. The lowest BCUT2D eigenvalue weighted by atomic mass is 9.84. The molecule has 0 fully saturated rings. The molecular weight excluding hydrogens is 386 g/mol. The smallest absolute Gasteiger partial charge is 0.0460 e. The number of H-pyrrole nitrogens is 1. The zero-order chi connectivity index (χ0) is 21.0. The number of halogens is 1. The van der Waals surface area contributed by atoms with Crippen molar-refractivity contribution in [3.8, 4) is 0 Å². The molecule has 3 rings (SSSR count). The maximum absolute atomic E-state index is 6.21. The summed E-state index contributed by atoms with van der Waals surface area (Å²) >= 11 is 6.21. The summed E-state index contributed by atoms with van der Waals surface area (Å²) in [5.41, 5.74) is 4.28. The van der Waals surface area contributed by atoms with Crippen LogP contribution in [0.25, 0.3) is 10.9 Å². The maximum atomic E-state index is 6.21. The number of nitrogens with one attached hydrogen (secondary N) is 1. The molecule has 1 nitrogen and oxygen atoms in total. The van der Waals surface area contributed by atoms with Crippen LogP contribution in [0.15, 0.2) is 18.2 Å². The second kappa shape index (κ2) is 13.5. The third-order valence-electron chi connectivity index (χ3n) is 7.22. The van der Waals surface area contributed by atoms with E-state index in [1.165, 1.54) is 138 Å². The molecule has 2 aromatic rings. The van der Waals surface area contributed by atoms with E-state index in [1.54, 1.807) is 0 Å². The van der Waals surface area contributed by atoms with Crippen LogP contribution in [0.3, 0.4) is 0 Å². The molecule has 1 aliphatic rings. The van der Waals surface area contributed by atoms with Crippen LogP contribution >= 0.6 is 11.6 Å². The van der Waals surface area contributed by atoms with Crippen molar-refractivity contribution in [2.45, 2.75) is 122 Å². The normalized spacial score (nSPS) is 16.3. The summed E-state index contributed by atoms with van der Waals surface area (Å²) in [7, 11) is 0. The number of benzene rings is 1. The van der Waals surface area contributed by atoms with E-state index in [-0.39, 0.29) is 0 Å². The van der Waals surface area contributed by atoms with Gasteiger partial charge in [-0.2, -0.15) is 0 Å². The monoisotopic (exact) mass is 429 g/mol. The number of fused-ring (bicyclic) bond motifs is 3. The zero-order valence-electron chi connectivity index (χ0n) is 19.4. The van der Waals surface area contributed by atoms with Crippen molar-refractivity contribution in [2.75, 3.05) is 0 Å². The summed E-state index contributed by atoms with van der Waals surface area (Å²) in [6.07, 6.45) is 25.5. The van der Waals surface area contributed by atoms with Crippen LogP contribution in [-0.4, -0.2) is 4.98 Å². The average molecular weight is 430 g/mol. The van der Waals surface area contributed by atoms with Crippen molar-refractivity contribution in [3.63, 3.8) is 0 Å². The molecular formula is C28H44ClN. The Kier molecular flexibility index (Phi) is 10.6. The number of rotatable bonds is 15. The topological polar surface area (TPSA) is 15.8 Å². The second-order valence-corrected chi connectivity index (χ2v) is 10.2. The third kappa shape index (κ3) is 7.63. The van der Waals surface area contributed by atoms with Gasteiger partial charge in [0.05, 0.1) is 0 Å². The molecule has 1 N–H and O–H groups in total. The van der Waals surface area contributed by atoms with Gasteiger partial charge in [-0.3, -0.25) is 0 Å². The van der Waals surface area contributed by atoms with Crippen molar-refractivity contribution >= 4 is 22.5 Å². The Bertz CT molecular complexity index is 732. The molecule has 2 heteroatoms. The molecule has 0 saturated carbocycles. The van der Waals surface area contributed by atoms with Gasteiger partial charge in [0.25, 0.3) is 0 Å². The maximum Gasteiger partial charge on any atom is 0.0460 e. The van der Waals surface area contributed by atoms with E-state index in [4.69, 9.17) is 11.6 Å². The van der Waals surface area contributed by atoms with Crippen LogP contribution < -0.4 is 0 Å². The Morgan fingerprint density at radius 2 is 1.43 bits per heavy atom. The molecule has 0 radical (unpaired) electrons. The highest BCUT2D eigenvalue weighted by atomic mass is 35.5. The van der Waals surface area contributed by atoms with Gasteiger partial charge in [-0.1, -0.05) is 115 Å². The molecule has 1 aliphatic carbocycles. The van der Waals surface area contributed by atoms with Crippen LogP contribution in [0.1, 0.15) is 121 Å². The SMILES string of the molecule is CCCCCCCCCCCCCCCCC1CCc2c([nH]c3ccc(Cl)cc23)C1. The van der Waals surface area contributed by atoms with Crippen LogP contribution in [0, 0.1) is 5.92 Å². The Hall–Kier alpha value is -0.950. The molecule has 30 heavy (non-hydrogen) atoms. The van der Waals surface area contributed by atoms with Crippen molar-refractivity contribution < 1.29 is 0 Å². The van der Waals surface area contributed by atoms with Gasteiger partial charge in [-0.15, -0.1) is 0 Å². The second-order valence-electron chi connectivity index (χ2n) is 9.77. The van der Waals surface area contributed by atoms with E-state index in [1.807, 2.05) is 6.07 Å². The highest BCUT2D eigenvalue weighted by molar-refractivity contribution is 6.31. The van der Waals surface area contributed by atoms with Gasteiger partial charge in [0.1, 0.15) is 0 Å². The van der Waals surface area contributed by atoms with Gasteiger partial charge in [-0.25, -0.2) is 0 Å². The molecule has 1 unspecified atom stereocenters. The molecule has 1 aromatic carbocycles. The quantitative estimate of drug-likeness (QED) is 0.271. The summed E-state index contributed by atoms with van der Waals surface area (Å²) in [6.45, 7) is 2.30. The highest BCUT2D eigenvalue weighted by Gasteiger charge is 2.22. The summed E-state index contributed by atoms with van der Waals surface area (Å²) in [4.78, 5) is 3.67. The number of aromatic nitrogens is 1. The van der Waals surface area contributed by atoms with E-state index < -0.39 is 0 Å². The Balaban J connectivity index is 1.18. The number of hydrogen-bond acceptors (Lipinski definition) is 0. The molecule has 0 aliphatic heterocycles. The third-order valence-corrected chi connectivity index (χ3v) is 7.45. The number of unbranched alkanes of at least 4 members (excludes halogenated alkanes) is 13. The zero-order valence-corrected chi connectivity index (χ0v) is 20.2. The lowest BCUT2D eigenvalue weighted by molar-refractivity contribution is 0.401. The fraction of sp³-hybridized carbons (Fsp3) is 0.714. The molecule has 1 heterocycles. The van der Waals surface area contributed by atoms with Gasteiger partial charge in [0, 0.05) is 21.6 Å². The van der Waals surface area contributed by atoms with Gasteiger partial charge in [-0.05, 0) is 48.9 Å². The lowest BCUT2D eigenvalue weighted by Crippen LogP contribution is -2.13. The van der Waals surface area contributed by atoms with Crippen LogP contribution in [0.2, 0.25) is 5.02 Å². The summed E-state index contributed by atoms with van der Waals surface area (Å²) in [5, 5.41) is 2.21. The highest BCUT2D eigenvalue weighted by Crippen LogP contribution is 2.34. The molecule has 0 bridgehead atoms. The Labute approximate surface area is 190 Å². The average Bonchev–Trinajstić information content (AvgIpc) is 3.11. The van der Waals surface area contributed by atoms with Gasteiger partial charge < -0.3 is 4.98 Å². The van der Waals surface area contributed by atoms with Gasteiger partial charge >= 0.3 is 0 Å². The molecule has 1 aromatic heterocycles. The van der Waals surface area contributed by atoms with Crippen molar-refractivity contribution in [1.29, 1.82) is 0 Å². The predicted octanol–water partition coefficient (Wildman–Crippen LogP) is 9.80. The van der Waals surface area contributed by atoms with Gasteiger partial charge in [0.2, 0.25) is 0 Å². The fourth-order valence-electron chi connectivity index (χ4n) is 5.35. The summed E-state index contributed by atoms with van der Waals surface area (Å²) < 4.78 is 0. The van der Waals surface area contributed by atoms with E-state index in [2.05, 4.69) is 24.0 Å². The van der Waals surface area contributed by atoms with E-state index in [9.17, 15) is 0 Å². The minimum Gasteiger partial charge on any atom is -0.358 e. The molecule has 0 saturated heterocycles. The van der Waals surface area contributed by atoms with Gasteiger partial charge in [0.15, 0.2) is 0 Å². The van der Waals surface area contributed by atoms with Crippen LogP contribution in [-0.2, 0) is 12.8 Å². The minimum absolute atomic E-state index is 0.855.